The molecule has 182 valence electrons. The molecule has 2 aromatic carbocycles. The second-order valence-corrected chi connectivity index (χ2v) is 8.25. The molecule has 1 aliphatic rings. The lowest BCUT2D eigenvalue weighted by Crippen LogP contribution is -2.54. The lowest BCUT2D eigenvalue weighted by atomic mass is 10.1. The molecule has 1 fully saturated rings. The number of carbonyl (C=O) groups is 2. The number of methoxy groups -OCH3 is 1. The topological polar surface area (TPSA) is 97.7 Å². The first kappa shape index (κ1) is 23.0. The third kappa shape index (κ3) is 5.00. The van der Waals surface area contributed by atoms with Gasteiger partial charge in [0.1, 0.15) is 11.9 Å². The summed E-state index contributed by atoms with van der Waals surface area (Å²) < 4.78 is 13.0. The number of aromatic nitrogens is 2. The van der Waals surface area contributed by atoms with Crippen LogP contribution in [0.25, 0.3) is 5.69 Å². The zero-order chi connectivity index (χ0) is 24.9. The summed E-state index contributed by atoms with van der Waals surface area (Å²) in [5.74, 6) is 0.337. The highest BCUT2D eigenvalue weighted by molar-refractivity contribution is 5.99. The molecule has 2 aromatic heterocycles. The number of anilines is 3. The van der Waals surface area contributed by atoms with E-state index in [1.54, 1.807) is 42.7 Å². The Bertz CT molecular complexity index is 1330. The molecule has 9 heteroatoms. The van der Waals surface area contributed by atoms with E-state index in [0.717, 1.165) is 11.4 Å². The summed E-state index contributed by atoms with van der Waals surface area (Å²) in [5.41, 5.74) is 3.49. The number of hydrogen-bond donors (Lipinski definition) is 2. The van der Waals surface area contributed by atoms with Crippen LogP contribution in [0.1, 0.15) is 10.4 Å². The Hall–Kier alpha value is -4.79. The van der Waals surface area contributed by atoms with Crippen LogP contribution in [0, 0.1) is 0 Å². The predicted octanol–water partition coefficient (Wildman–Crippen LogP) is 4.57. The zero-order valence-corrected chi connectivity index (χ0v) is 19.6. The standard InChI is InChI=1S/C27H25N5O4/c1-35-26(33)23-7-4-8-24(25(23)31-14-2-3-15-31)32-17-22(18-32)36-21-11-9-19(10-12-21)29-27(34)30-20-6-5-13-28-16-20/h2-16,22H,17-18H2,1H3,(H2,29,30,34). The summed E-state index contributed by atoms with van der Waals surface area (Å²) in [4.78, 5) is 30.7. The van der Waals surface area contributed by atoms with Crippen LogP contribution in [0.5, 0.6) is 5.75 Å². The molecule has 2 N–H and O–H groups in total. The van der Waals surface area contributed by atoms with Gasteiger partial charge in [0.2, 0.25) is 0 Å². The first-order chi connectivity index (χ1) is 17.6. The van der Waals surface area contributed by atoms with Crippen LogP contribution in [0.2, 0.25) is 0 Å². The predicted molar refractivity (Wildman–Crippen MR) is 137 cm³/mol. The smallest absolute Gasteiger partial charge is 0.340 e. The van der Waals surface area contributed by atoms with Gasteiger partial charge in [0, 0.05) is 24.3 Å². The van der Waals surface area contributed by atoms with Crippen molar-refractivity contribution in [3.8, 4) is 11.4 Å². The highest BCUT2D eigenvalue weighted by Crippen LogP contribution is 2.33. The molecule has 1 saturated heterocycles. The van der Waals surface area contributed by atoms with Crippen molar-refractivity contribution in [3.05, 3.63) is 97.1 Å². The van der Waals surface area contributed by atoms with Crippen molar-refractivity contribution in [1.29, 1.82) is 0 Å². The molecule has 4 aromatic rings. The summed E-state index contributed by atoms with van der Waals surface area (Å²) in [6.07, 6.45) is 7.03. The fourth-order valence-electron chi connectivity index (χ4n) is 4.06. The number of benzene rings is 2. The number of amides is 2. The summed E-state index contributed by atoms with van der Waals surface area (Å²) >= 11 is 0. The van der Waals surface area contributed by atoms with Crippen molar-refractivity contribution in [1.82, 2.24) is 9.55 Å². The maximum atomic E-state index is 12.4. The number of pyridine rings is 1. The van der Waals surface area contributed by atoms with Crippen molar-refractivity contribution in [2.24, 2.45) is 0 Å². The number of nitrogens with one attached hydrogen (secondary N) is 2. The zero-order valence-electron chi connectivity index (χ0n) is 19.6. The molecule has 3 heterocycles. The van der Waals surface area contributed by atoms with E-state index < -0.39 is 0 Å². The number of esters is 1. The number of hydrogen-bond acceptors (Lipinski definition) is 6. The maximum absolute atomic E-state index is 12.4. The van der Waals surface area contributed by atoms with E-state index in [4.69, 9.17) is 9.47 Å². The number of nitrogens with zero attached hydrogens (tertiary/aromatic N) is 3. The Morgan fingerprint density at radius 1 is 0.917 bits per heavy atom. The first-order valence-corrected chi connectivity index (χ1v) is 11.4. The Morgan fingerprint density at radius 2 is 1.67 bits per heavy atom. The minimum absolute atomic E-state index is 0.00279. The van der Waals surface area contributed by atoms with E-state index in [1.807, 2.05) is 53.4 Å². The first-order valence-electron chi connectivity index (χ1n) is 11.4. The van der Waals surface area contributed by atoms with E-state index in [0.29, 0.717) is 35.8 Å². The van der Waals surface area contributed by atoms with Crippen molar-refractivity contribution in [2.75, 3.05) is 35.7 Å². The summed E-state index contributed by atoms with van der Waals surface area (Å²) in [6, 6.07) is 19.9. The quantitative estimate of drug-likeness (QED) is 0.374. The van der Waals surface area contributed by atoms with E-state index in [9.17, 15) is 9.59 Å². The van der Waals surface area contributed by atoms with E-state index in [2.05, 4.69) is 20.5 Å². The van der Waals surface area contributed by atoms with Gasteiger partial charge < -0.3 is 29.6 Å². The fraction of sp³-hybridized carbons (Fsp3) is 0.148. The van der Waals surface area contributed by atoms with Gasteiger partial charge in [-0.25, -0.2) is 9.59 Å². The molecule has 36 heavy (non-hydrogen) atoms. The molecule has 0 bridgehead atoms. The van der Waals surface area contributed by atoms with Gasteiger partial charge in [-0.3, -0.25) is 4.98 Å². The number of para-hydroxylation sites is 1. The van der Waals surface area contributed by atoms with Crippen LogP contribution in [0.15, 0.2) is 91.5 Å². The molecule has 0 aliphatic carbocycles. The van der Waals surface area contributed by atoms with E-state index >= 15 is 0 Å². The fourth-order valence-corrected chi connectivity index (χ4v) is 4.06. The number of ether oxygens (including phenoxy) is 2. The van der Waals surface area contributed by atoms with Gasteiger partial charge in [0.15, 0.2) is 0 Å². The normalized spacial score (nSPS) is 13.0. The molecule has 0 unspecified atom stereocenters. The number of urea groups is 1. The van der Waals surface area contributed by atoms with Gasteiger partial charge in [-0.15, -0.1) is 0 Å². The molecule has 0 radical (unpaired) electrons. The highest BCUT2D eigenvalue weighted by atomic mass is 16.5. The second kappa shape index (κ2) is 10.2. The van der Waals surface area contributed by atoms with Crippen molar-refractivity contribution in [3.63, 3.8) is 0 Å². The minimum Gasteiger partial charge on any atom is -0.487 e. The van der Waals surface area contributed by atoms with Crippen molar-refractivity contribution in [2.45, 2.75) is 6.10 Å². The van der Waals surface area contributed by atoms with Crippen LogP contribution < -0.4 is 20.3 Å². The third-order valence-electron chi connectivity index (χ3n) is 5.81. The molecule has 2 amide bonds. The average Bonchev–Trinajstić information content (AvgIpc) is 3.41. The Labute approximate surface area is 208 Å². The maximum Gasteiger partial charge on any atom is 0.340 e. The molecule has 0 spiro atoms. The lowest BCUT2D eigenvalue weighted by molar-refractivity contribution is 0.0600. The van der Waals surface area contributed by atoms with Crippen LogP contribution in [0.4, 0.5) is 21.9 Å². The van der Waals surface area contributed by atoms with Crippen molar-refractivity contribution < 1.29 is 19.1 Å². The van der Waals surface area contributed by atoms with Crippen LogP contribution >= 0.6 is 0 Å². The van der Waals surface area contributed by atoms with Gasteiger partial charge in [-0.2, -0.15) is 0 Å². The van der Waals surface area contributed by atoms with Gasteiger partial charge in [-0.1, -0.05) is 6.07 Å². The summed E-state index contributed by atoms with van der Waals surface area (Å²) in [7, 11) is 1.38. The molecule has 0 atom stereocenters. The highest BCUT2D eigenvalue weighted by Gasteiger charge is 2.32. The molecular formula is C27H25N5O4. The largest absolute Gasteiger partial charge is 0.487 e. The minimum atomic E-state index is -0.378. The molecule has 5 rings (SSSR count). The van der Waals surface area contributed by atoms with E-state index in [1.165, 1.54) is 7.11 Å². The summed E-state index contributed by atoms with van der Waals surface area (Å²) in [5, 5.41) is 5.51. The van der Waals surface area contributed by atoms with Crippen LogP contribution in [-0.4, -0.2) is 47.9 Å². The van der Waals surface area contributed by atoms with Crippen LogP contribution in [-0.2, 0) is 4.74 Å². The lowest BCUT2D eigenvalue weighted by Gasteiger charge is -2.41. The molecular weight excluding hydrogens is 458 g/mol. The number of rotatable bonds is 7. The Kier molecular flexibility index (Phi) is 6.53. The molecule has 9 nitrogen and oxygen atoms in total. The second-order valence-electron chi connectivity index (χ2n) is 8.25. The van der Waals surface area contributed by atoms with Gasteiger partial charge >= 0.3 is 12.0 Å². The Morgan fingerprint density at radius 3 is 2.36 bits per heavy atom. The summed E-state index contributed by atoms with van der Waals surface area (Å²) in [6.45, 7) is 1.35. The van der Waals surface area contributed by atoms with Crippen LogP contribution in [0.3, 0.4) is 0 Å². The SMILES string of the molecule is COC(=O)c1cccc(N2CC(Oc3ccc(NC(=O)Nc4cccnc4)cc3)C2)c1-n1cccc1. The molecule has 1 aliphatic heterocycles. The third-order valence-corrected chi connectivity index (χ3v) is 5.81. The van der Waals surface area contributed by atoms with Gasteiger partial charge in [-0.05, 0) is 60.7 Å². The van der Waals surface area contributed by atoms with Gasteiger partial charge in [0.05, 0.1) is 49.0 Å². The number of carbonyl (C=O) groups excluding carboxylic acids is 2. The molecule has 0 saturated carbocycles. The average molecular weight is 484 g/mol. The van der Waals surface area contributed by atoms with Crippen molar-refractivity contribution >= 4 is 29.1 Å². The monoisotopic (exact) mass is 483 g/mol. The van der Waals surface area contributed by atoms with Gasteiger partial charge in [0.25, 0.3) is 0 Å². The van der Waals surface area contributed by atoms with E-state index in [-0.39, 0.29) is 18.1 Å². The Balaban J connectivity index is 1.20.